The minimum atomic E-state index is 0.206. The molecular weight excluding hydrogens is 208 g/mol. The molecule has 0 atom stereocenters. The molecular formula is C13H17ClO. The molecule has 1 aromatic rings. The van der Waals surface area contributed by atoms with Crippen molar-refractivity contribution in [3.05, 3.63) is 29.3 Å². The Labute approximate surface area is 96.4 Å². The van der Waals surface area contributed by atoms with E-state index in [1.807, 2.05) is 0 Å². The molecule has 0 N–H and O–H groups in total. The highest BCUT2D eigenvalue weighted by Gasteiger charge is 2.45. The van der Waals surface area contributed by atoms with E-state index in [9.17, 15) is 0 Å². The zero-order chi connectivity index (χ0) is 10.9. The van der Waals surface area contributed by atoms with Crippen LogP contribution >= 0.6 is 11.6 Å². The molecule has 0 aromatic heterocycles. The first-order chi connectivity index (χ1) is 7.25. The monoisotopic (exact) mass is 224 g/mol. The van der Waals surface area contributed by atoms with Crippen molar-refractivity contribution < 1.29 is 4.74 Å². The van der Waals surface area contributed by atoms with Crippen molar-refractivity contribution >= 4 is 11.6 Å². The molecule has 0 radical (unpaired) electrons. The Hall–Kier alpha value is -0.690. The summed E-state index contributed by atoms with van der Waals surface area (Å²) in [4.78, 5) is 0. The predicted molar refractivity (Wildman–Crippen MR) is 64.0 cm³/mol. The van der Waals surface area contributed by atoms with Crippen molar-refractivity contribution in [1.29, 1.82) is 0 Å². The molecule has 2 heteroatoms. The molecule has 0 bridgehead atoms. The van der Waals surface area contributed by atoms with Gasteiger partial charge in [0.2, 0.25) is 0 Å². The fourth-order valence-electron chi connectivity index (χ4n) is 2.02. The van der Waals surface area contributed by atoms with E-state index in [-0.39, 0.29) is 5.41 Å². The summed E-state index contributed by atoms with van der Waals surface area (Å²) in [7, 11) is 1.73. The van der Waals surface area contributed by atoms with E-state index in [2.05, 4.69) is 25.1 Å². The highest BCUT2D eigenvalue weighted by atomic mass is 35.5. The number of methoxy groups -OCH3 is 1. The molecule has 1 fully saturated rings. The fourth-order valence-corrected chi connectivity index (χ4v) is 2.43. The van der Waals surface area contributed by atoms with Gasteiger partial charge in [-0.15, -0.1) is 11.6 Å². The standard InChI is InChI=1S/C13H17ClO/c1-3-10-4-5-12(15-2)11(8-10)13(9-14)6-7-13/h4-5,8H,3,6-7,9H2,1-2H3. The van der Waals surface area contributed by atoms with Crippen LogP contribution in [-0.4, -0.2) is 13.0 Å². The molecule has 82 valence electrons. The summed E-state index contributed by atoms with van der Waals surface area (Å²) >= 11 is 6.06. The summed E-state index contributed by atoms with van der Waals surface area (Å²) in [6.45, 7) is 2.17. The number of benzene rings is 1. The number of hydrogen-bond donors (Lipinski definition) is 0. The summed E-state index contributed by atoms with van der Waals surface area (Å²) in [6, 6.07) is 6.46. The molecule has 1 nitrogen and oxygen atoms in total. The van der Waals surface area contributed by atoms with Gasteiger partial charge in [0.15, 0.2) is 0 Å². The van der Waals surface area contributed by atoms with Gasteiger partial charge in [-0.2, -0.15) is 0 Å². The van der Waals surface area contributed by atoms with Crippen LogP contribution in [0.25, 0.3) is 0 Å². The lowest BCUT2D eigenvalue weighted by Crippen LogP contribution is -2.10. The minimum absolute atomic E-state index is 0.206. The second kappa shape index (κ2) is 4.05. The summed E-state index contributed by atoms with van der Waals surface area (Å²) in [5.41, 5.74) is 2.87. The first-order valence-electron chi connectivity index (χ1n) is 5.49. The van der Waals surface area contributed by atoms with Gasteiger partial charge >= 0.3 is 0 Å². The SMILES string of the molecule is CCc1ccc(OC)c(C2(CCl)CC2)c1. The molecule has 0 spiro atoms. The predicted octanol–water partition coefficient (Wildman–Crippen LogP) is 3.53. The number of hydrogen-bond acceptors (Lipinski definition) is 1. The topological polar surface area (TPSA) is 9.23 Å². The Kier molecular flexibility index (Phi) is 2.92. The summed E-state index contributed by atoms with van der Waals surface area (Å²) < 4.78 is 5.41. The maximum atomic E-state index is 6.06. The first kappa shape index (κ1) is 10.8. The van der Waals surface area contributed by atoms with Crippen LogP contribution in [0.1, 0.15) is 30.9 Å². The van der Waals surface area contributed by atoms with Gasteiger partial charge in [0.05, 0.1) is 7.11 Å². The van der Waals surface area contributed by atoms with E-state index in [0.717, 1.165) is 12.2 Å². The lowest BCUT2D eigenvalue weighted by atomic mass is 9.94. The van der Waals surface area contributed by atoms with Crippen LogP contribution in [0.15, 0.2) is 18.2 Å². The van der Waals surface area contributed by atoms with Gasteiger partial charge in [0, 0.05) is 16.9 Å². The third-order valence-electron chi connectivity index (χ3n) is 3.35. The highest BCUT2D eigenvalue weighted by Crippen LogP contribution is 2.52. The average molecular weight is 225 g/mol. The van der Waals surface area contributed by atoms with Crippen LogP contribution in [0.3, 0.4) is 0 Å². The lowest BCUT2D eigenvalue weighted by Gasteiger charge is -2.17. The van der Waals surface area contributed by atoms with Crippen molar-refractivity contribution in [3.63, 3.8) is 0 Å². The Balaban J connectivity index is 2.42. The van der Waals surface area contributed by atoms with Gasteiger partial charge in [0.25, 0.3) is 0 Å². The van der Waals surface area contributed by atoms with Crippen molar-refractivity contribution in [2.45, 2.75) is 31.6 Å². The number of ether oxygens (including phenoxy) is 1. The molecule has 1 aromatic carbocycles. The van der Waals surface area contributed by atoms with Gasteiger partial charge in [-0.1, -0.05) is 19.1 Å². The Morgan fingerprint density at radius 3 is 2.60 bits per heavy atom. The van der Waals surface area contributed by atoms with Gasteiger partial charge in [-0.3, -0.25) is 0 Å². The summed E-state index contributed by atoms with van der Waals surface area (Å²) in [6.07, 6.45) is 3.45. The highest BCUT2D eigenvalue weighted by molar-refractivity contribution is 6.19. The van der Waals surface area contributed by atoms with Crippen molar-refractivity contribution in [2.75, 3.05) is 13.0 Å². The van der Waals surface area contributed by atoms with Crippen molar-refractivity contribution in [2.24, 2.45) is 0 Å². The number of halogens is 1. The second-order valence-corrected chi connectivity index (χ2v) is 4.57. The van der Waals surface area contributed by atoms with E-state index >= 15 is 0 Å². The van der Waals surface area contributed by atoms with Gasteiger partial charge < -0.3 is 4.74 Å². The lowest BCUT2D eigenvalue weighted by molar-refractivity contribution is 0.405. The van der Waals surface area contributed by atoms with Gasteiger partial charge in [0.1, 0.15) is 5.75 Å². The molecule has 2 rings (SSSR count). The fraction of sp³-hybridized carbons (Fsp3) is 0.538. The molecule has 0 amide bonds. The quantitative estimate of drug-likeness (QED) is 0.711. The average Bonchev–Trinajstić information content (AvgIpc) is 3.09. The largest absolute Gasteiger partial charge is 0.496 e. The minimum Gasteiger partial charge on any atom is -0.496 e. The third kappa shape index (κ3) is 1.85. The van der Waals surface area contributed by atoms with Crippen LogP contribution in [0.5, 0.6) is 5.75 Å². The first-order valence-corrected chi connectivity index (χ1v) is 6.02. The second-order valence-electron chi connectivity index (χ2n) is 4.30. The maximum absolute atomic E-state index is 6.06. The Bertz CT molecular complexity index is 356. The van der Waals surface area contributed by atoms with E-state index in [1.165, 1.54) is 24.0 Å². The summed E-state index contributed by atoms with van der Waals surface area (Å²) in [5, 5.41) is 0. The van der Waals surface area contributed by atoms with E-state index < -0.39 is 0 Å². The van der Waals surface area contributed by atoms with E-state index in [4.69, 9.17) is 16.3 Å². The van der Waals surface area contributed by atoms with Gasteiger partial charge in [-0.05, 0) is 30.9 Å². The normalized spacial score (nSPS) is 17.5. The Morgan fingerprint density at radius 1 is 1.40 bits per heavy atom. The van der Waals surface area contributed by atoms with Crippen LogP contribution < -0.4 is 4.74 Å². The zero-order valence-corrected chi connectivity index (χ0v) is 10.1. The van der Waals surface area contributed by atoms with E-state index in [1.54, 1.807) is 7.11 Å². The van der Waals surface area contributed by atoms with Crippen LogP contribution in [0.4, 0.5) is 0 Å². The molecule has 1 saturated carbocycles. The molecule has 0 unspecified atom stereocenters. The molecule has 0 saturated heterocycles. The number of alkyl halides is 1. The molecule has 1 aliphatic rings. The molecule has 0 heterocycles. The number of aryl methyl sites for hydroxylation is 1. The molecule has 1 aliphatic carbocycles. The van der Waals surface area contributed by atoms with Gasteiger partial charge in [-0.25, -0.2) is 0 Å². The van der Waals surface area contributed by atoms with Crippen molar-refractivity contribution in [1.82, 2.24) is 0 Å². The maximum Gasteiger partial charge on any atom is 0.122 e. The van der Waals surface area contributed by atoms with Crippen LogP contribution in [0, 0.1) is 0 Å². The third-order valence-corrected chi connectivity index (χ3v) is 3.86. The number of rotatable bonds is 4. The smallest absolute Gasteiger partial charge is 0.122 e. The molecule has 0 aliphatic heterocycles. The van der Waals surface area contributed by atoms with Crippen molar-refractivity contribution in [3.8, 4) is 5.75 Å². The van der Waals surface area contributed by atoms with Crippen LogP contribution in [-0.2, 0) is 11.8 Å². The van der Waals surface area contributed by atoms with Crippen LogP contribution in [0.2, 0.25) is 0 Å². The molecule has 15 heavy (non-hydrogen) atoms. The summed E-state index contributed by atoms with van der Waals surface area (Å²) in [5.74, 6) is 1.70. The van der Waals surface area contributed by atoms with E-state index in [0.29, 0.717) is 5.88 Å². The Morgan fingerprint density at radius 2 is 2.13 bits per heavy atom. The zero-order valence-electron chi connectivity index (χ0n) is 9.35.